The number of rotatable bonds is 0. The topological polar surface area (TPSA) is 126 Å². The summed E-state index contributed by atoms with van der Waals surface area (Å²) in [6, 6.07) is 0. The summed E-state index contributed by atoms with van der Waals surface area (Å²) in [6.07, 6.45) is 0. The van der Waals surface area contributed by atoms with Crippen LogP contribution in [0.15, 0.2) is 0 Å². The maximum atomic E-state index is 8.48. The summed E-state index contributed by atoms with van der Waals surface area (Å²) in [5.74, 6) is 0. The SMILES string of the molecule is O=[P+]([O-])[O-].O=[P+]([O-])[O-].[Cu]. The molecule has 59 valence electrons. The molecule has 0 N–H and O–H groups in total. The van der Waals surface area contributed by atoms with E-state index in [9.17, 15) is 0 Å². The monoisotopic (exact) mass is 221 g/mol. The fourth-order valence-corrected chi connectivity index (χ4v) is 0. The van der Waals surface area contributed by atoms with Gasteiger partial charge in [0.15, 0.2) is 0 Å². The molecule has 0 aromatic carbocycles. The Morgan fingerprint density at radius 1 is 0.778 bits per heavy atom. The van der Waals surface area contributed by atoms with E-state index in [2.05, 4.69) is 0 Å². The van der Waals surface area contributed by atoms with Crippen LogP contribution >= 0.6 is 16.5 Å². The second-order valence-corrected chi connectivity index (χ2v) is 1.34. The summed E-state index contributed by atoms with van der Waals surface area (Å²) in [6.45, 7) is 0. The van der Waals surface area contributed by atoms with Crippen molar-refractivity contribution in [2.45, 2.75) is 0 Å². The van der Waals surface area contributed by atoms with Gasteiger partial charge in [0.05, 0.1) is 0 Å². The Hall–Kier alpha value is 0.559. The van der Waals surface area contributed by atoms with Crippen molar-refractivity contribution in [3.63, 3.8) is 0 Å². The summed E-state index contributed by atoms with van der Waals surface area (Å²) >= 11 is 0. The van der Waals surface area contributed by atoms with E-state index in [-0.39, 0.29) is 17.1 Å². The van der Waals surface area contributed by atoms with Crippen LogP contribution in [0.2, 0.25) is 0 Å². The Morgan fingerprint density at radius 3 is 0.778 bits per heavy atom. The molecule has 1 radical (unpaired) electrons. The van der Waals surface area contributed by atoms with Crippen molar-refractivity contribution in [1.82, 2.24) is 0 Å². The quantitative estimate of drug-likeness (QED) is 0.312. The average molecular weight is 221 g/mol. The molecular formula is CuO6P2-2. The predicted molar refractivity (Wildman–Crippen MR) is 15.2 cm³/mol. The van der Waals surface area contributed by atoms with E-state index in [0.717, 1.165) is 0 Å². The first kappa shape index (κ1) is 16.3. The zero-order chi connectivity index (χ0) is 7.15. The molecule has 0 unspecified atom stereocenters. The molecule has 0 saturated carbocycles. The fraction of sp³-hybridized carbons (Fsp3) is 0. The first-order chi connectivity index (χ1) is 3.46. The van der Waals surface area contributed by atoms with Gasteiger partial charge in [-0.15, -0.1) is 0 Å². The van der Waals surface area contributed by atoms with Crippen LogP contribution < -0.4 is 19.6 Å². The van der Waals surface area contributed by atoms with Gasteiger partial charge in [0.25, 0.3) is 16.5 Å². The van der Waals surface area contributed by atoms with Gasteiger partial charge in [-0.3, -0.25) is 0 Å². The predicted octanol–water partition coefficient (Wildman–Crippen LogP) is -3.27. The molecule has 0 bridgehead atoms. The van der Waals surface area contributed by atoms with E-state index < -0.39 is 16.5 Å². The number of hydrogen-bond acceptors (Lipinski definition) is 6. The summed E-state index contributed by atoms with van der Waals surface area (Å²) < 4.78 is 17.0. The maximum absolute atomic E-state index is 8.48. The Morgan fingerprint density at radius 2 is 0.778 bits per heavy atom. The van der Waals surface area contributed by atoms with Crippen LogP contribution in [0, 0.1) is 0 Å². The first-order valence-corrected chi connectivity index (χ1v) is 3.29. The second-order valence-electron chi connectivity index (χ2n) is 0.447. The van der Waals surface area contributed by atoms with Gasteiger partial charge >= 0.3 is 0 Å². The minimum atomic E-state index is -3.37. The van der Waals surface area contributed by atoms with Crippen LogP contribution in [-0.4, -0.2) is 0 Å². The third-order valence-electron chi connectivity index (χ3n) is 0. The van der Waals surface area contributed by atoms with E-state index in [0.29, 0.717) is 0 Å². The third-order valence-corrected chi connectivity index (χ3v) is 0. The van der Waals surface area contributed by atoms with Crippen molar-refractivity contribution in [2.24, 2.45) is 0 Å². The number of hydrogen-bond donors (Lipinski definition) is 0. The van der Waals surface area contributed by atoms with Gasteiger partial charge in [0.1, 0.15) is 0 Å². The summed E-state index contributed by atoms with van der Waals surface area (Å²) in [7, 11) is -6.74. The first-order valence-electron chi connectivity index (χ1n) is 1.10. The van der Waals surface area contributed by atoms with Crippen LogP contribution in [0.3, 0.4) is 0 Å². The van der Waals surface area contributed by atoms with Gasteiger partial charge in [-0.1, -0.05) is 9.13 Å². The summed E-state index contributed by atoms with van der Waals surface area (Å²) in [4.78, 5) is 33.9. The molecule has 0 rings (SSSR count). The fourth-order valence-electron chi connectivity index (χ4n) is 0. The van der Waals surface area contributed by atoms with Gasteiger partial charge in [0.2, 0.25) is 0 Å². The molecule has 0 aromatic rings. The largest absolute Gasteiger partial charge is 0.598 e. The average Bonchev–Trinajstić information content (AvgIpc) is 1.25. The molecule has 9 heavy (non-hydrogen) atoms. The van der Waals surface area contributed by atoms with Crippen molar-refractivity contribution in [3.8, 4) is 0 Å². The maximum Gasteiger partial charge on any atom is 0.276 e. The van der Waals surface area contributed by atoms with E-state index in [4.69, 9.17) is 28.7 Å². The van der Waals surface area contributed by atoms with Gasteiger partial charge in [-0.05, 0) is 0 Å². The van der Waals surface area contributed by atoms with Crippen LogP contribution in [-0.2, 0) is 26.2 Å². The zero-order valence-electron chi connectivity index (χ0n) is 3.65. The molecule has 0 saturated heterocycles. The van der Waals surface area contributed by atoms with E-state index >= 15 is 0 Å². The standard InChI is InChI=1S/Cu.2HO3P/c;2*1-4(2)3/h;2*(H,1,2,3)/p-2. The van der Waals surface area contributed by atoms with Crippen molar-refractivity contribution in [1.29, 1.82) is 0 Å². The van der Waals surface area contributed by atoms with Crippen molar-refractivity contribution in [3.05, 3.63) is 0 Å². The molecule has 0 heterocycles. The minimum Gasteiger partial charge on any atom is -0.598 e. The molecule has 0 aromatic heterocycles. The van der Waals surface area contributed by atoms with Gasteiger partial charge in [-0.2, -0.15) is 0 Å². The molecule has 0 fully saturated rings. The van der Waals surface area contributed by atoms with Crippen LogP contribution in [0.4, 0.5) is 0 Å². The molecule has 0 atom stereocenters. The van der Waals surface area contributed by atoms with Crippen molar-refractivity contribution in [2.75, 3.05) is 0 Å². The molecule has 0 aliphatic rings. The normalized spacial score (nSPS) is 5.78. The molecular weight excluding hydrogens is 221 g/mol. The molecule has 9 heteroatoms. The van der Waals surface area contributed by atoms with Crippen LogP contribution in [0.25, 0.3) is 0 Å². The van der Waals surface area contributed by atoms with Crippen molar-refractivity contribution >= 4 is 16.5 Å². The Bertz CT molecular complexity index is 69.1. The van der Waals surface area contributed by atoms with Crippen LogP contribution in [0.1, 0.15) is 0 Å². The minimum absolute atomic E-state index is 0. The summed E-state index contributed by atoms with van der Waals surface area (Å²) in [5.41, 5.74) is 0. The Labute approximate surface area is 62.9 Å². The molecule has 0 aliphatic carbocycles. The Balaban J connectivity index is -0.0000000720. The van der Waals surface area contributed by atoms with Crippen molar-refractivity contribution < 1.29 is 45.8 Å². The zero-order valence-corrected chi connectivity index (χ0v) is 6.38. The van der Waals surface area contributed by atoms with Crippen LogP contribution in [0.5, 0.6) is 0 Å². The summed E-state index contributed by atoms with van der Waals surface area (Å²) in [5, 5.41) is 0. The van der Waals surface area contributed by atoms with Gasteiger partial charge in [-0.25, -0.2) is 0 Å². The van der Waals surface area contributed by atoms with Gasteiger partial charge in [0, 0.05) is 17.1 Å². The third kappa shape index (κ3) is 1180. The smallest absolute Gasteiger partial charge is 0.276 e. The molecule has 0 aliphatic heterocycles. The molecule has 6 nitrogen and oxygen atoms in total. The van der Waals surface area contributed by atoms with E-state index in [1.165, 1.54) is 0 Å². The van der Waals surface area contributed by atoms with Gasteiger partial charge < -0.3 is 19.6 Å². The van der Waals surface area contributed by atoms with E-state index in [1.807, 2.05) is 0 Å². The second kappa shape index (κ2) is 11.4. The Kier molecular flexibility index (Phi) is 20.6. The molecule has 0 amide bonds. The molecule has 0 spiro atoms. The van der Waals surface area contributed by atoms with E-state index in [1.54, 1.807) is 0 Å².